The minimum Gasteiger partial charge on any atom is -0.357 e. The van der Waals surface area contributed by atoms with Crippen LogP contribution in [0.4, 0.5) is 0 Å². The topological polar surface area (TPSA) is 67.1 Å². The van der Waals surface area contributed by atoms with Crippen LogP contribution in [-0.4, -0.2) is 33.8 Å². The van der Waals surface area contributed by atoms with Crippen molar-refractivity contribution in [3.05, 3.63) is 12.2 Å². The summed E-state index contributed by atoms with van der Waals surface area (Å²) >= 11 is 0. The van der Waals surface area contributed by atoms with Crippen molar-refractivity contribution in [3.8, 4) is 0 Å². The molecule has 6 nitrogen and oxygen atoms in total. The molecule has 1 aliphatic carbocycles. The predicted octanol–water partition coefficient (Wildman–Crippen LogP) is 2.09. The molecule has 2 atom stereocenters. The maximum absolute atomic E-state index is 4.59. The van der Waals surface area contributed by atoms with Gasteiger partial charge in [0, 0.05) is 20.1 Å². The minimum atomic E-state index is 0.548. The summed E-state index contributed by atoms with van der Waals surface area (Å²) < 4.78 is 1.76. The van der Waals surface area contributed by atoms with E-state index in [4.69, 9.17) is 0 Å². The van der Waals surface area contributed by atoms with E-state index >= 15 is 0 Å². The van der Waals surface area contributed by atoms with E-state index in [1.807, 2.05) is 7.05 Å². The molecule has 0 bridgehead atoms. The zero-order valence-corrected chi connectivity index (χ0v) is 14.2. The molecule has 1 aromatic rings. The van der Waals surface area contributed by atoms with Gasteiger partial charge < -0.3 is 10.6 Å². The first-order chi connectivity index (χ1) is 10.7. The lowest BCUT2D eigenvalue weighted by molar-refractivity contribution is 0.270. The molecule has 0 spiro atoms. The number of nitrogens with zero attached hydrogens (tertiary/aromatic N) is 4. The monoisotopic (exact) mass is 306 g/mol. The Morgan fingerprint density at radius 3 is 2.95 bits per heavy atom. The third kappa shape index (κ3) is 5.31. The molecule has 0 saturated heterocycles. The number of aryl methyl sites for hydroxylation is 1. The van der Waals surface area contributed by atoms with Crippen LogP contribution >= 0.6 is 0 Å². The van der Waals surface area contributed by atoms with Crippen molar-refractivity contribution in [1.29, 1.82) is 0 Å². The molecular weight excluding hydrogens is 276 g/mol. The smallest absolute Gasteiger partial charge is 0.191 e. The van der Waals surface area contributed by atoms with Crippen LogP contribution in [0, 0.1) is 11.8 Å². The van der Waals surface area contributed by atoms with E-state index in [2.05, 4.69) is 39.6 Å². The highest BCUT2D eigenvalue weighted by Crippen LogP contribution is 2.30. The standard InChI is InChI=1S/C16H30N6/c1-4-17-16(19-11-15-20-12-21-22(15)3)18-9-8-14-7-5-6-13(2)10-14/h12-14H,4-11H2,1-3H3,(H2,17,18,19). The highest BCUT2D eigenvalue weighted by Gasteiger charge is 2.18. The lowest BCUT2D eigenvalue weighted by Crippen LogP contribution is -2.38. The second-order valence-corrected chi connectivity index (χ2v) is 6.35. The molecule has 2 N–H and O–H groups in total. The molecule has 1 fully saturated rings. The highest BCUT2D eigenvalue weighted by molar-refractivity contribution is 5.79. The average molecular weight is 306 g/mol. The maximum Gasteiger partial charge on any atom is 0.191 e. The zero-order chi connectivity index (χ0) is 15.8. The van der Waals surface area contributed by atoms with Crippen molar-refractivity contribution >= 4 is 5.96 Å². The summed E-state index contributed by atoms with van der Waals surface area (Å²) in [7, 11) is 1.89. The van der Waals surface area contributed by atoms with Gasteiger partial charge in [-0.3, -0.25) is 4.68 Å². The van der Waals surface area contributed by atoms with Crippen molar-refractivity contribution < 1.29 is 0 Å². The average Bonchev–Trinajstić information content (AvgIpc) is 2.90. The van der Waals surface area contributed by atoms with E-state index < -0.39 is 0 Å². The van der Waals surface area contributed by atoms with Crippen LogP contribution in [0.3, 0.4) is 0 Å². The first-order valence-electron chi connectivity index (χ1n) is 8.54. The molecule has 6 heteroatoms. The lowest BCUT2D eigenvalue weighted by atomic mass is 9.81. The van der Waals surface area contributed by atoms with Crippen LogP contribution in [0.15, 0.2) is 11.3 Å². The molecule has 1 aromatic heterocycles. The van der Waals surface area contributed by atoms with Gasteiger partial charge in [0.2, 0.25) is 0 Å². The summed E-state index contributed by atoms with van der Waals surface area (Å²) in [5.74, 6) is 3.52. The summed E-state index contributed by atoms with van der Waals surface area (Å²) in [6.45, 7) is 6.87. The van der Waals surface area contributed by atoms with Gasteiger partial charge in [0.15, 0.2) is 5.96 Å². The van der Waals surface area contributed by atoms with Crippen LogP contribution in [0.25, 0.3) is 0 Å². The van der Waals surface area contributed by atoms with Crippen molar-refractivity contribution in [1.82, 2.24) is 25.4 Å². The van der Waals surface area contributed by atoms with Gasteiger partial charge in [-0.25, -0.2) is 9.98 Å². The maximum atomic E-state index is 4.59. The summed E-state index contributed by atoms with van der Waals surface area (Å²) in [6.07, 6.45) is 8.37. The van der Waals surface area contributed by atoms with Gasteiger partial charge in [0.1, 0.15) is 18.7 Å². The van der Waals surface area contributed by atoms with E-state index in [0.717, 1.165) is 36.7 Å². The largest absolute Gasteiger partial charge is 0.357 e. The molecule has 1 aliphatic rings. The Balaban J connectivity index is 1.77. The third-order valence-electron chi connectivity index (χ3n) is 4.42. The summed E-state index contributed by atoms with van der Waals surface area (Å²) in [4.78, 5) is 8.78. The van der Waals surface area contributed by atoms with Gasteiger partial charge in [-0.2, -0.15) is 5.10 Å². The van der Waals surface area contributed by atoms with Crippen LogP contribution in [0.5, 0.6) is 0 Å². The van der Waals surface area contributed by atoms with E-state index in [1.54, 1.807) is 11.0 Å². The Hall–Kier alpha value is -1.59. The Morgan fingerprint density at radius 1 is 1.41 bits per heavy atom. The Bertz CT molecular complexity index is 467. The number of aromatic nitrogens is 3. The molecule has 124 valence electrons. The fourth-order valence-electron chi connectivity index (χ4n) is 3.17. The lowest BCUT2D eigenvalue weighted by Gasteiger charge is -2.26. The number of aliphatic imine (C=N–C) groups is 1. The van der Waals surface area contributed by atoms with Gasteiger partial charge in [0.05, 0.1) is 0 Å². The summed E-state index contributed by atoms with van der Waals surface area (Å²) in [5.41, 5.74) is 0. The predicted molar refractivity (Wildman–Crippen MR) is 89.6 cm³/mol. The Kier molecular flexibility index (Phi) is 6.68. The number of hydrogen-bond acceptors (Lipinski definition) is 3. The quantitative estimate of drug-likeness (QED) is 0.624. The third-order valence-corrected chi connectivity index (χ3v) is 4.42. The van der Waals surface area contributed by atoms with Gasteiger partial charge in [-0.05, 0) is 31.6 Å². The molecule has 2 unspecified atom stereocenters. The van der Waals surface area contributed by atoms with Gasteiger partial charge >= 0.3 is 0 Å². The first-order valence-corrected chi connectivity index (χ1v) is 8.54. The molecule has 0 aromatic carbocycles. The summed E-state index contributed by atoms with van der Waals surface area (Å²) in [5, 5.41) is 10.8. The van der Waals surface area contributed by atoms with E-state index in [-0.39, 0.29) is 0 Å². The second kappa shape index (κ2) is 8.76. The van der Waals surface area contributed by atoms with Crippen LogP contribution in [0.2, 0.25) is 0 Å². The van der Waals surface area contributed by atoms with Crippen LogP contribution in [0.1, 0.15) is 51.8 Å². The van der Waals surface area contributed by atoms with Crippen LogP contribution in [-0.2, 0) is 13.6 Å². The van der Waals surface area contributed by atoms with E-state index in [9.17, 15) is 0 Å². The normalized spacial score (nSPS) is 22.6. The van der Waals surface area contributed by atoms with Crippen LogP contribution < -0.4 is 10.6 Å². The van der Waals surface area contributed by atoms with Crippen molar-refractivity contribution in [2.24, 2.45) is 23.9 Å². The molecular formula is C16H30N6. The zero-order valence-electron chi connectivity index (χ0n) is 14.2. The number of nitrogens with one attached hydrogen (secondary N) is 2. The fraction of sp³-hybridized carbons (Fsp3) is 0.812. The molecule has 22 heavy (non-hydrogen) atoms. The SMILES string of the molecule is CCNC(=NCc1ncnn1C)NCCC1CCCC(C)C1. The number of guanidine groups is 1. The van der Waals surface area contributed by atoms with Gasteiger partial charge in [-0.1, -0.05) is 26.2 Å². The molecule has 0 radical (unpaired) electrons. The van der Waals surface area contributed by atoms with Gasteiger partial charge in [-0.15, -0.1) is 0 Å². The highest BCUT2D eigenvalue weighted by atomic mass is 15.3. The number of rotatable bonds is 6. The molecule has 1 heterocycles. The Morgan fingerprint density at radius 2 is 2.27 bits per heavy atom. The van der Waals surface area contributed by atoms with Crippen molar-refractivity contribution in [2.75, 3.05) is 13.1 Å². The first kappa shape index (κ1) is 16.8. The molecule has 1 saturated carbocycles. The Labute approximate surface area is 133 Å². The van der Waals surface area contributed by atoms with Gasteiger partial charge in [0.25, 0.3) is 0 Å². The number of hydrogen-bond donors (Lipinski definition) is 2. The molecule has 2 rings (SSSR count). The van der Waals surface area contributed by atoms with E-state index in [1.165, 1.54) is 32.1 Å². The fourth-order valence-corrected chi connectivity index (χ4v) is 3.17. The summed E-state index contributed by atoms with van der Waals surface area (Å²) in [6, 6.07) is 0. The molecule has 0 amide bonds. The second-order valence-electron chi connectivity index (χ2n) is 6.35. The molecule has 0 aliphatic heterocycles. The van der Waals surface area contributed by atoms with Crippen molar-refractivity contribution in [3.63, 3.8) is 0 Å². The van der Waals surface area contributed by atoms with E-state index in [0.29, 0.717) is 6.54 Å². The van der Waals surface area contributed by atoms with Crippen molar-refractivity contribution in [2.45, 2.75) is 52.5 Å². The minimum absolute atomic E-state index is 0.548.